The summed E-state index contributed by atoms with van der Waals surface area (Å²) < 4.78 is 25.7. The van der Waals surface area contributed by atoms with E-state index in [0.717, 1.165) is 6.07 Å². The predicted octanol–water partition coefficient (Wildman–Crippen LogP) is -1.18. The Kier molecular flexibility index (Phi) is 4.82. The maximum absolute atomic E-state index is 12.0. The molecule has 0 saturated heterocycles. The van der Waals surface area contributed by atoms with Crippen LogP contribution < -0.4 is 10.5 Å². The fourth-order valence-corrected chi connectivity index (χ4v) is 2.66. The van der Waals surface area contributed by atoms with Crippen LogP contribution in [-0.2, 0) is 14.8 Å². The van der Waals surface area contributed by atoms with Gasteiger partial charge in [0, 0.05) is 5.56 Å². The average Bonchev–Trinajstić information content (AvgIpc) is 2.35. The Morgan fingerprint density at radius 3 is 2.45 bits per heavy atom. The number of carboxylic acids is 1. The van der Waals surface area contributed by atoms with Crippen molar-refractivity contribution in [2.24, 2.45) is 5.73 Å². The normalized spacial score (nSPS) is 12.9. The van der Waals surface area contributed by atoms with Gasteiger partial charge in [0.2, 0.25) is 15.9 Å². The first-order valence-corrected chi connectivity index (χ1v) is 6.94. The molecule has 5 N–H and O–H groups in total. The topological polar surface area (TPSA) is 147 Å². The molecule has 0 saturated carbocycles. The minimum atomic E-state index is -4.19. The number of sulfonamides is 1. The first-order chi connectivity index (χ1) is 9.19. The summed E-state index contributed by atoms with van der Waals surface area (Å²) in [5.41, 5.74) is 5.63. The van der Waals surface area contributed by atoms with Crippen LogP contribution in [0, 0.1) is 6.92 Å². The molecule has 1 aromatic rings. The summed E-state index contributed by atoms with van der Waals surface area (Å²) in [5.74, 6) is -2.31. The standard InChI is InChI=1S/C11H14N2O6S/c1-6-2-3-7(4-8(6)10(12)15)20(18,19)13-9(5-14)11(16)17/h2-4,9,13-14H,5H2,1H3,(H2,12,15)(H,16,17). The van der Waals surface area contributed by atoms with E-state index in [9.17, 15) is 18.0 Å². The highest BCUT2D eigenvalue weighted by molar-refractivity contribution is 7.89. The molecule has 0 aliphatic rings. The molecule has 1 amide bonds. The fourth-order valence-electron chi connectivity index (χ4n) is 1.45. The van der Waals surface area contributed by atoms with E-state index >= 15 is 0 Å². The predicted molar refractivity (Wildman–Crippen MR) is 68.5 cm³/mol. The molecule has 0 bridgehead atoms. The van der Waals surface area contributed by atoms with Gasteiger partial charge in [0.15, 0.2) is 0 Å². The van der Waals surface area contributed by atoms with Crippen LogP contribution in [0.1, 0.15) is 15.9 Å². The van der Waals surface area contributed by atoms with Gasteiger partial charge in [0.1, 0.15) is 6.04 Å². The largest absolute Gasteiger partial charge is 0.480 e. The summed E-state index contributed by atoms with van der Waals surface area (Å²) in [6, 6.07) is 1.97. The first kappa shape index (κ1) is 16.1. The van der Waals surface area contributed by atoms with Crippen LogP contribution >= 0.6 is 0 Å². The van der Waals surface area contributed by atoms with E-state index in [2.05, 4.69) is 0 Å². The molecule has 20 heavy (non-hydrogen) atoms. The van der Waals surface area contributed by atoms with Gasteiger partial charge in [-0.2, -0.15) is 4.72 Å². The zero-order chi connectivity index (χ0) is 15.5. The lowest BCUT2D eigenvalue weighted by atomic mass is 10.1. The van der Waals surface area contributed by atoms with Gasteiger partial charge in [-0.25, -0.2) is 8.42 Å². The molecule has 0 spiro atoms. The van der Waals surface area contributed by atoms with Crippen LogP contribution in [0.15, 0.2) is 23.1 Å². The Bertz CT molecular complexity index is 640. The van der Waals surface area contributed by atoms with E-state index in [4.69, 9.17) is 15.9 Å². The summed E-state index contributed by atoms with van der Waals surface area (Å²) >= 11 is 0. The van der Waals surface area contributed by atoms with Crippen molar-refractivity contribution in [3.05, 3.63) is 29.3 Å². The monoisotopic (exact) mass is 302 g/mol. The fraction of sp³-hybridized carbons (Fsp3) is 0.273. The molecular formula is C11H14N2O6S. The highest BCUT2D eigenvalue weighted by Crippen LogP contribution is 2.15. The van der Waals surface area contributed by atoms with Crippen molar-refractivity contribution in [3.63, 3.8) is 0 Å². The Morgan fingerprint density at radius 1 is 1.40 bits per heavy atom. The molecule has 1 unspecified atom stereocenters. The third-order valence-electron chi connectivity index (χ3n) is 2.56. The van der Waals surface area contributed by atoms with Gasteiger partial charge in [-0.15, -0.1) is 0 Å². The number of carboxylic acid groups (broad SMARTS) is 1. The van der Waals surface area contributed by atoms with Crippen molar-refractivity contribution in [3.8, 4) is 0 Å². The van der Waals surface area contributed by atoms with Crippen LogP contribution in [0.2, 0.25) is 0 Å². The van der Waals surface area contributed by atoms with Crippen molar-refractivity contribution in [2.45, 2.75) is 17.9 Å². The van der Waals surface area contributed by atoms with Crippen LogP contribution in [0.3, 0.4) is 0 Å². The molecule has 0 heterocycles. The number of hydrogen-bond donors (Lipinski definition) is 4. The number of benzene rings is 1. The summed E-state index contributed by atoms with van der Waals surface area (Å²) in [6.45, 7) is 0.681. The van der Waals surface area contributed by atoms with Crippen molar-refractivity contribution in [1.29, 1.82) is 0 Å². The Labute approximate surface area is 115 Å². The van der Waals surface area contributed by atoms with Gasteiger partial charge >= 0.3 is 5.97 Å². The molecule has 110 valence electrons. The first-order valence-electron chi connectivity index (χ1n) is 5.45. The van der Waals surface area contributed by atoms with Gasteiger partial charge < -0.3 is 15.9 Å². The Balaban J connectivity index is 3.19. The zero-order valence-electron chi connectivity index (χ0n) is 10.5. The lowest BCUT2D eigenvalue weighted by molar-refractivity contribution is -0.139. The number of rotatable bonds is 6. The van der Waals surface area contributed by atoms with E-state index in [0.29, 0.717) is 5.56 Å². The lowest BCUT2D eigenvalue weighted by Crippen LogP contribution is -2.43. The van der Waals surface area contributed by atoms with Gasteiger partial charge in [-0.05, 0) is 24.6 Å². The third kappa shape index (κ3) is 3.53. The number of carbonyl (C=O) groups is 2. The van der Waals surface area contributed by atoms with Gasteiger partial charge in [-0.3, -0.25) is 9.59 Å². The number of aliphatic carboxylic acids is 1. The number of carbonyl (C=O) groups excluding carboxylic acids is 1. The summed E-state index contributed by atoms with van der Waals surface area (Å²) in [7, 11) is -4.19. The van der Waals surface area contributed by atoms with Gasteiger partial charge in [-0.1, -0.05) is 6.07 Å². The Morgan fingerprint density at radius 2 is 2.00 bits per heavy atom. The molecule has 0 aliphatic carbocycles. The van der Waals surface area contributed by atoms with E-state index < -0.39 is 34.5 Å². The third-order valence-corrected chi connectivity index (χ3v) is 4.03. The van der Waals surface area contributed by atoms with Crippen LogP contribution in [0.25, 0.3) is 0 Å². The molecule has 0 fully saturated rings. The number of nitrogens with two attached hydrogens (primary N) is 1. The molecule has 1 aromatic carbocycles. The molecule has 0 aliphatic heterocycles. The minimum Gasteiger partial charge on any atom is -0.480 e. The number of hydrogen-bond acceptors (Lipinski definition) is 5. The number of nitrogens with one attached hydrogen (secondary N) is 1. The maximum Gasteiger partial charge on any atom is 0.324 e. The number of aliphatic hydroxyl groups is 1. The maximum atomic E-state index is 12.0. The number of primary amides is 1. The molecular weight excluding hydrogens is 288 g/mol. The second-order valence-electron chi connectivity index (χ2n) is 4.04. The van der Waals surface area contributed by atoms with E-state index in [1.165, 1.54) is 12.1 Å². The second-order valence-corrected chi connectivity index (χ2v) is 5.75. The van der Waals surface area contributed by atoms with E-state index in [1.807, 2.05) is 4.72 Å². The van der Waals surface area contributed by atoms with Gasteiger partial charge in [0.05, 0.1) is 11.5 Å². The minimum absolute atomic E-state index is 0.0174. The molecule has 8 nitrogen and oxygen atoms in total. The average molecular weight is 302 g/mol. The van der Waals surface area contributed by atoms with E-state index in [1.54, 1.807) is 6.92 Å². The quantitative estimate of drug-likeness (QED) is 0.520. The summed E-state index contributed by atoms with van der Waals surface area (Å²) in [4.78, 5) is 21.6. The smallest absolute Gasteiger partial charge is 0.324 e. The molecule has 9 heteroatoms. The van der Waals surface area contributed by atoms with Gasteiger partial charge in [0.25, 0.3) is 0 Å². The zero-order valence-corrected chi connectivity index (χ0v) is 11.3. The summed E-state index contributed by atoms with van der Waals surface area (Å²) in [6.07, 6.45) is 0. The molecule has 0 radical (unpaired) electrons. The van der Waals surface area contributed by atoms with Crippen molar-refractivity contribution in [1.82, 2.24) is 4.72 Å². The van der Waals surface area contributed by atoms with Crippen molar-refractivity contribution in [2.75, 3.05) is 6.61 Å². The van der Waals surface area contributed by atoms with Crippen molar-refractivity contribution >= 4 is 21.9 Å². The number of amides is 1. The highest BCUT2D eigenvalue weighted by Gasteiger charge is 2.25. The lowest BCUT2D eigenvalue weighted by Gasteiger charge is -2.13. The number of aryl methyl sites for hydroxylation is 1. The Hall–Kier alpha value is -1.97. The summed E-state index contributed by atoms with van der Waals surface area (Å²) in [5, 5.41) is 17.5. The SMILES string of the molecule is Cc1ccc(S(=O)(=O)NC(CO)C(=O)O)cc1C(N)=O. The number of aliphatic hydroxyl groups excluding tert-OH is 1. The highest BCUT2D eigenvalue weighted by atomic mass is 32.2. The van der Waals surface area contributed by atoms with Crippen molar-refractivity contribution < 1.29 is 28.2 Å². The molecule has 0 aromatic heterocycles. The van der Waals surface area contributed by atoms with E-state index in [-0.39, 0.29) is 10.5 Å². The van der Waals surface area contributed by atoms with Crippen LogP contribution in [0.5, 0.6) is 0 Å². The molecule has 1 rings (SSSR count). The molecule has 1 atom stereocenters. The van der Waals surface area contributed by atoms with Crippen LogP contribution in [-0.4, -0.2) is 43.2 Å². The second kappa shape index (κ2) is 5.99. The van der Waals surface area contributed by atoms with Crippen LogP contribution in [0.4, 0.5) is 0 Å².